The first-order chi connectivity index (χ1) is 17.0. The zero-order valence-electron chi connectivity index (χ0n) is 19.3. The molecule has 0 fully saturated rings. The van der Waals surface area contributed by atoms with Crippen molar-refractivity contribution in [1.82, 2.24) is 0 Å². The molecule has 2 N–H and O–H groups in total. The maximum absolute atomic E-state index is 13.5. The van der Waals surface area contributed by atoms with Gasteiger partial charge in [-0.25, -0.2) is 0 Å². The molecule has 3 aromatic rings. The number of thioether (sulfide) groups is 1. The molecule has 3 aromatic carbocycles. The highest BCUT2D eigenvalue weighted by atomic mass is 35.5. The lowest BCUT2D eigenvalue weighted by Crippen LogP contribution is -2.42. The summed E-state index contributed by atoms with van der Waals surface area (Å²) in [4.78, 5) is 16.4. The van der Waals surface area contributed by atoms with E-state index in [0.717, 1.165) is 28.3 Å². The van der Waals surface area contributed by atoms with Crippen molar-refractivity contribution in [2.45, 2.75) is 30.1 Å². The standard InChI is InChI=1S/C29H25ClN2O2S/c1-35-22-16-12-18(13-17-22)25-26-23(8-5-9-24(26)33)32(21-6-3-2-4-7-21)29(31)27(25)28(34)19-10-14-20(30)15-11-19/h2-4,6-7,10-17,25,31,34H,5,8-9H2,1H3/b28-27+,31-29?. The molecule has 6 heteroatoms. The molecule has 5 rings (SSSR count). The van der Waals surface area contributed by atoms with Crippen LogP contribution < -0.4 is 4.90 Å². The summed E-state index contributed by atoms with van der Waals surface area (Å²) < 4.78 is 0. The lowest BCUT2D eigenvalue weighted by atomic mass is 9.73. The number of hydrogen-bond acceptors (Lipinski definition) is 4. The first-order valence-electron chi connectivity index (χ1n) is 11.5. The number of carbonyl (C=O) groups is 1. The summed E-state index contributed by atoms with van der Waals surface area (Å²) >= 11 is 7.74. The van der Waals surface area contributed by atoms with Gasteiger partial charge in [0.15, 0.2) is 5.78 Å². The number of aliphatic hydroxyl groups is 1. The highest BCUT2D eigenvalue weighted by Crippen LogP contribution is 2.48. The number of rotatable bonds is 4. The third-order valence-electron chi connectivity index (χ3n) is 6.59. The molecule has 1 atom stereocenters. The monoisotopic (exact) mass is 500 g/mol. The lowest BCUT2D eigenvalue weighted by Gasteiger charge is -2.41. The Morgan fingerprint density at radius 1 is 1.00 bits per heavy atom. The number of carbonyl (C=O) groups excluding carboxylic acids is 1. The van der Waals surface area contributed by atoms with Gasteiger partial charge in [0.25, 0.3) is 0 Å². The van der Waals surface area contributed by atoms with Gasteiger partial charge in [0.1, 0.15) is 11.6 Å². The van der Waals surface area contributed by atoms with E-state index >= 15 is 0 Å². The van der Waals surface area contributed by atoms with Gasteiger partial charge < -0.3 is 5.11 Å². The number of anilines is 1. The molecule has 1 aliphatic carbocycles. The molecule has 0 spiro atoms. The van der Waals surface area contributed by atoms with Crippen molar-refractivity contribution >= 4 is 46.4 Å². The second-order valence-corrected chi connectivity index (χ2v) is 9.95. The zero-order valence-corrected chi connectivity index (χ0v) is 20.9. The Morgan fingerprint density at radius 2 is 1.69 bits per heavy atom. The van der Waals surface area contributed by atoms with E-state index in [-0.39, 0.29) is 17.4 Å². The van der Waals surface area contributed by atoms with E-state index in [0.29, 0.717) is 34.6 Å². The van der Waals surface area contributed by atoms with Crippen molar-refractivity contribution in [3.05, 3.63) is 112 Å². The SMILES string of the molecule is CSc1ccc(C2C3=C(CCCC3=O)N(c3ccccc3)C(=N)/C2=C(/O)c2ccc(Cl)cc2)cc1. The number of allylic oxidation sites excluding steroid dienone is 2. The Bertz CT molecular complexity index is 1350. The van der Waals surface area contributed by atoms with E-state index < -0.39 is 5.92 Å². The van der Waals surface area contributed by atoms with Crippen molar-refractivity contribution in [2.24, 2.45) is 0 Å². The van der Waals surface area contributed by atoms with Crippen molar-refractivity contribution in [3.63, 3.8) is 0 Å². The minimum atomic E-state index is -0.531. The second-order valence-electron chi connectivity index (χ2n) is 8.63. The van der Waals surface area contributed by atoms with Crippen LogP contribution in [0.5, 0.6) is 0 Å². The van der Waals surface area contributed by atoms with Crippen LogP contribution in [0.25, 0.3) is 5.76 Å². The quantitative estimate of drug-likeness (QED) is 0.285. The van der Waals surface area contributed by atoms with Crippen LogP contribution in [0.3, 0.4) is 0 Å². The van der Waals surface area contributed by atoms with Gasteiger partial charge >= 0.3 is 0 Å². The van der Waals surface area contributed by atoms with Crippen molar-refractivity contribution < 1.29 is 9.90 Å². The second kappa shape index (κ2) is 9.76. The van der Waals surface area contributed by atoms with E-state index in [4.69, 9.17) is 11.6 Å². The number of aliphatic hydroxyl groups excluding tert-OH is 1. The van der Waals surface area contributed by atoms with Gasteiger partial charge in [-0.05, 0) is 73.2 Å². The number of nitrogens with one attached hydrogen (secondary N) is 1. The van der Waals surface area contributed by atoms with Crippen LogP contribution in [0, 0.1) is 5.41 Å². The Kier molecular flexibility index (Phi) is 6.54. The van der Waals surface area contributed by atoms with E-state index in [9.17, 15) is 15.3 Å². The molecule has 4 nitrogen and oxygen atoms in total. The largest absolute Gasteiger partial charge is 0.507 e. The predicted molar refractivity (Wildman–Crippen MR) is 144 cm³/mol. The summed E-state index contributed by atoms with van der Waals surface area (Å²) in [5.41, 5.74) is 4.19. The topological polar surface area (TPSA) is 64.4 Å². The maximum Gasteiger partial charge on any atom is 0.161 e. The summed E-state index contributed by atoms with van der Waals surface area (Å²) in [7, 11) is 0. The van der Waals surface area contributed by atoms with Crippen LogP contribution in [0.15, 0.2) is 101 Å². The Labute approximate surface area is 214 Å². The first kappa shape index (κ1) is 23.5. The van der Waals surface area contributed by atoms with Crippen LogP contribution in [0.1, 0.15) is 36.3 Å². The van der Waals surface area contributed by atoms with E-state index in [2.05, 4.69) is 0 Å². The molecule has 0 radical (unpaired) electrons. The Balaban J connectivity index is 1.81. The third kappa shape index (κ3) is 4.30. The van der Waals surface area contributed by atoms with Crippen molar-refractivity contribution in [2.75, 3.05) is 11.2 Å². The third-order valence-corrected chi connectivity index (χ3v) is 7.59. The number of para-hydroxylation sites is 1. The van der Waals surface area contributed by atoms with Crippen LogP contribution in [-0.4, -0.2) is 23.0 Å². The van der Waals surface area contributed by atoms with E-state index in [1.54, 1.807) is 36.0 Å². The normalized spacial score (nSPS) is 19.6. The molecule has 1 unspecified atom stereocenters. The van der Waals surface area contributed by atoms with Gasteiger partial charge in [0.2, 0.25) is 0 Å². The Morgan fingerprint density at radius 3 is 2.34 bits per heavy atom. The highest BCUT2D eigenvalue weighted by Gasteiger charge is 2.43. The molecule has 0 saturated heterocycles. The fraction of sp³-hybridized carbons (Fsp3) is 0.172. The van der Waals surface area contributed by atoms with E-state index in [1.807, 2.05) is 65.8 Å². The Hall–Kier alpha value is -3.28. The number of amidine groups is 1. The minimum absolute atomic E-state index is 0.0172. The molecule has 1 aliphatic heterocycles. The smallest absolute Gasteiger partial charge is 0.161 e. The number of Topliss-reactive ketones (excluding diaryl/α,β-unsaturated/α-hetero) is 1. The molecule has 2 aliphatic rings. The van der Waals surface area contributed by atoms with Gasteiger partial charge in [-0.3, -0.25) is 15.1 Å². The van der Waals surface area contributed by atoms with Gasteiger partial charge in [0.05, 0.1) is 0 Å². The van der Waals surface area contributed by atoms with Gasteiger partial charge in [-0.1, -0.05) is 41.9 Å². The fourth-order valence-electron chi connectivity index (χ4n) is 4.95. The predicted octanol–water partition coefficient (Wildman–Crippen LogP) is 7.62. The number of halogens is 1. The van der Waals surface area contributed by atoms with Crippen LogP contribution in [0.2, 0.25) is 5.02 Å². The first-order valence-corrected chi connectivity index (χ1v) is 13.1. The average Bonchev–Trinajstić information content (AvgIpc) is 2.89. The van der Waals surface area contributed by atoms with Crippen molar-refractivity contribution in [3.8, 4) is 0 Å². The van der Waals surface area contributed by atoms with Gasteiger partial charge in [0, 0.05) is 50.4 Å². The fourth-order valence-corrected chi connectivity index (χ4v) is 5.48. The summed E-state index contributed by atoms with van der Waals surface area (Å²) in [6.45, 7) is 0. The molecular formula is C29H25ClN2O2S. The maximum atomic E-state index is 13.5. The summed E-state index contributed by atoms with van der Waals surface area (Å²) in [5.74, 6) is -0.301. The summed E-state index contributed by atoms with van der Waals surface area (Å²) in [6.07, 6.45) is 3.93. The molecule has 0 amide bonds. The molecule has 35 heavy (non-hydrogen) atoms. The number of nitrogens with zero attached hydrogens (tertiary/aromatic N) is 1. The van der Waals surface area contributed by atoms with Crippen molar-refractivity contribution in [1.29, 1.82) is 5.41 Å². The minimum Gasteiger partial charge on any atom is -0.507 e. The number of ketones is 1. The summed E-state index contributed by atoms with van der Waals surface area (Å²) in [5, 5.41) is 21.5. The van der Waals surface area contributed by atoms with Crippen LogP contribution in [0.4, 0.5) is 5.69 Å². The molecule has 0 bridgehead atoms. The van der Waals surface area contributed by atoms with Gasteiger partial charge in [-0.15, -0.1) is 11.8 Å². The average molecular weight is 501 g/mol. The van der Waals surface area contributed by atoms with E-state index in [1.165, 1.54) is 0 Å². The summed E-state index contributed by atoms with van der Waals surface area (Å²) in [6, 6.07) is 24.6. The molecule has 1 heterocycles. The molecular weight excluding hydrogens is 476 g/mol. The van der Waals surface area contributed by atoms with Gasteiger partial charge in [-0.2, -0.15) is 0 Å². The molecule has 176 valence electrons. The number of benzene rings is 3. The number of hydrogen-bond donors (Lipinski definition) is 2. The highest BCUT2D eigenvalue weighted by molar-refractivity contribution is 7.98. The zero-order chi connectivity index (χ0) is 24.5. The van der Waals surface area contributed by atoms with Crippen LogP contribution in [-0.2, 0) is 4.79 Å². The molecule has 0 saturated carbocycles. The lowest BCUT2D eigenvalue weighted by molar-refractivity contribution is -0.116. The molecule has 0 aromatic heterocycles. The van der Waals surface area contributed by atoms with Crippen LogP contribution >= 0.6 is 23.4 Å².